The molecule has 2 aromatic rings. The van der Waals surface area contributed by atoms with Crippen LogP contribution in [0.5, 0.6) is 0 Å². The van der Waals surface area contributed by atoms with Crippen LogP contribution in [0.3, 0.4) is 0 Å². The number of carbonyl (C=O) groups is 1. The van der Waals surface area contributed by atoms with Gasteiger partial charge in [-0.15, -0.1) is 0 Å². The average molecular weight is 295 g/mol. The third kappa shape index (κ3) is 3.37. The standard InChI is InChI=1S/C14H15ClN2O3/c1-14(2,13(18)19)16-7-11-8-20-12(17-11)9-3-5-10(15)6-4-9/h3-6,8,16H,7H2,1-2H3,(H,18,19). The molecule has 0 radical (unpaired) electrons. The lowest BCUT2D eigenvalue weighted by Gasteiger charge is -2.19. The molecule has 2 rings (SSSR count). The Balaban J connectivity index is 2.06. The summed E-state index contributed by atoms with van der Waals surface area (Å²) in [5.74, 6) is -0.439. The van der Waals surface area contributed by atoms with E-state index in [4.69, 9.17) is 21.1 Å². The Morgan fingerprint density at radius 3 is 2.65 bits per heavy atom. The van der Waals surface area contributed by atoms with Crippen LogP contribution in [-0.2, 0) is 11.3 Å². The highest BCUT2D eigenvalue weighted by Gasteiger charge is 2.26. The fourth-order valence-corrected chi connectivity index (χ4v) is 1.63. The summed E-state index contributed by atoms with van der Waals surface area (Å²) in [4.78, 5) is 15.3. The van der Waals surface area contributed by atoms with Gasteiger partial charge in [-0.1, -0.05) is 11.6 Å². The second-order valence-electron chi connectivity index (χ2n) is 4.93. The van der Waals surface area contributed by atoms with Crippen molar-refractivity contribution >= 4 is 17.6 Å². The number of nitrogens with one attached hydrogen (secondary N) is 1. The number of carboxylic acid groups (broad SMARTS) is 1. The summed E-state index contributed by atoms with van der Waals surface area (Å²) >= 11 is 5.82. The first-order valence-electron chi connectivity index (χ1n) is 6.07. The molecule has 1 aromatic heterocycles. The van der Waals surface area contributed by atoms with Gasteiger partial charge >= 0.3 is 5.97 Å². The zero-order valence-corrected chi connectivity index (χ0v) is 11.9. The number of halogens is 1. The maximum absolute atomic E-state index is 11.0. The van der Waals surface area contributed by atoms with Gasteiger partial charge in [0.2, 0.25) is 5.89 Å². The summed E-state index contributed by atoms with van der Waals surface area (Å²) in [6, 6.07) is 7.14. The second-order valence-corrected chi connectivity index (χ2v) is 5.37. The number of rotatable bonds is 5. The lowest BCUT2D eigenvalue weighted by atomic mass is 10.1. The van der Waals surface area contributed by atoms with E-state index in [2.05, 4.69) is 10.3 Å². The van der Waals surface area contributed by atoms with Crippen LogP contribution in [0.15, 0.2) is 34.9 Å². The summed E-state index contributed by atoms with van der Waals surface area (Å²) < 4.78 is 5.37. The second kappa shape index (κ2) is 5.64. The van der Waals surface area contributed by atoms with E-state index >= 15 is 0 Å². The summed E-state index contributed by atoms with van der Waals surface area (Å²) in [6.07, 6.45) is 1.51. The molecule has 0 saturated carbocycles. The number of aromatic nitrogens is 1. The molecule has 0 aliphatic rings. The molecule has 6 heteroatoms. The van der Waals surface area contributed by atoms with Crippen molar-refractivity contribution in [2.75, 3.05) is 0 Å². The molecule has 0 fully saturated rings. The van der Waals surface area contributed by atoms with E-state index in [1.165, 1.54) is 6.26 Å². The van der Waals surface area contributed by atoms with Crippen molar-refractivity contribution in [1.82, 2.24) is 10.3 Å². The maximum atomic E-state index is 11.0. The van der Waals surface area contributed by atoms with E-state index in [0.29, 0.717) is 23.2 Å². The van der Waals surface area contributed by atoms with Crippen LogP contribution in [0, 0.1) is 0 Å². The summed E-state index contributed by atoms with van der Waals surface area (Å²) in [5.41, 5.74) is 0.446. The molecule has 5 nitrogen and oxygen atoms in total. The molecule has 0 unspecified atom stereocenters. The number of hydrogen-bond acceptors (Lipinski definition) is 4. The van der Waals surface area contributed by atoms with Gasteiger partial charge < -0.3 is 9.52 Å². The van der Waals surface area contributed by atoms with Gasteiger partial charge in [-0.25, -0.2) is 4.98 Å². The van der Waals surface area contributed by atoms with E-state index in [9.17, 15) is 4.79 Å². The fourth-order valence-electron chi connectivity index (χ4n) is 1.50. The molecule has 0 spiro atoms. The first-order valence-corrected chi connectivity index (χ1v) is 6.45. The number of aliphatic carboxylic acids is 1. The van der Waals surface area contributed by atoms with Gasteiger partial charge in [-0.2, -0.15) is 0 Å². The predicted molar refractivity (Wildman–Crippen MR) is 75.5 cm³/mol. The lowest BCUT2D eigenvalue weighted by Crippen LogP contribution is -2.46. The van der Waals surface area contributed by atoms with Crippen molar-refractivity contribution in [1.29, 1.82) is 0 Å². The van der Waals surface area contributed by atoms with E-state index < -0.39 is 11.5 Å². The monoisotopic (exact) mass is 294 g/mol. The Kier molecular flexibility index (Phi) is 4.11. The van der Waals surface area contributed by atoms with Gasteiger partial charge in [0.15, 0.2) is 0 Å². The van der Waals surface area contributed by atoms with Crippen molar-refractivity contribution in [3.63, 3.8) is 0 Å². The van der Waals surface area contributed by atoms with Crippen molar-refractivity contribution < 1.29 is 14.3 Å². The number of benzene rings is 1. The van der Waals surface area contributed by atoms with E-state index in [-0.39, 0.29) is 0 Å². The molecular formula is C14H15ClN2O3. The average Bonchev–Trinajstić information content (AvgIpc) is 2.86. The fraction of sp³-hybridized carbons (Fsp3) is 0.286. The molecule has 1 heterocycles. The Hall–Kier alpha value is -1.85. The quantitative estimate of drug-likeness (QED) is 0.887. The summed E-state index contributed by atoms with van der Waals surface area (Å²) in [7, 11) is 0. The van der Waals surface area contributed by atoms with E-state index in [1.54, 1.807) is 26.0 Å². The highest BCUT2D eigenvalue weighted by atomic mass is 35.5. The molecule has 0 aliphatic carbocycles. The third-order valence-electron chi connectivity index (χ3n) is 2.89. The number of nitrogens with zero attached hydrogens (tertiary/aromatic N) is 1. The first kappa shape index (κ1) is 14.6. The minimum atomic E-state index is -1.01. The SMILES string of the molecule is CC(C)(NCc1coc(-c2ccc(Cl)cc2)n1)C(=O)O. The van der Waals surface area contributed by atoms with Crippen molar-refractivity contribution in [2.45, 2.75) is 25.9 Å². The van der Waals surface area contributed by atoms with E-state index in [0.717, 1.165) is 5.56 Å². The molecule has 2 N–H and O–H groups in total. The van der Waals surface area contributed by atoms with Crippen LogP contribution >= 0.6 is 11.6 Å². The Labute approximate surface area is 121 Å². The van der Waals surface area contributed by atoms with Gasteiger partial charge in [0, 0.05) is 17.1 Å². The molecule has 106 valence electrons. The zero-order chi connectivity index (χ0) is 14.8. The minimum Gasteiger partial charge on any atom is -0.480 e. The van der Waals surface area contributed by atoms with Crippen LogP contribution in [0.2, 0.25) is 5.02 Å². The van der Waals surface area contributed by atoms with Crippen LogP contribution < -0.4 is 5.32 Å². The van der Waals surface area contributed by atoms with Crippen molar-refractivity contribution in [2.24, 2.45) is 0 Å². The number of oxazole rings is 1. The highest BCUT2D eigenvalue weighted by molar-refractivity contribution is 6.30. The van der Waals surface area contributed by atoms with Crippen molar-refractivity contribution in [3.8, 4) is 11.5 Å². The number of hydrogen-bond donors (Lipinski definition) is 2. The molecule has 0 amide bonds. The summed E-state index contributed by atoms with van der Waals surface area (Å²) in [6.45, 7) is 3.50. The Morgan fingerprint density at radius 1 is 1.40 bits per heavy atom. The predicted octanol–water partition coefficient (Wildman–Crippen LogP) is 2.95. The first-order chi connectivity index (χ1) is 9.38. The normalized spacial score (nSPS) is 11.6. The zero-order valence-electron chi connectivity index (χ0n) is 11.2. The highest BCUT2D eigenvalue weighted by Crippen LogP contribution is 2.21. The van der Waals surface area contributed by atoms with Gasteiger partial charge in [-0.3, -0.25) is 10.1 Å². The molecule has 1 aromatic carbocycles. The number of carboxylic acids is 1. The van der Waals surface area contributed by atoms with Crippen LogP contribution in [0.4, 0.5) is 0 Å². The van der Waals surface area contributed by atoms with Crippen molar-refractivity contribution in [3.05, 3.63) is 41.2 Å². The Morgan fingerprint density at radius 2 is 2.05 bits per heavy atom. The van der Waals surface area contributed by atoms with Crippen LogP contribution in [-0.4, -0.2) is 21.6 Å². The third-order valence-corrected chi connectivity index (χ3v) is 3.14. The van der Waals surface area contributed by atoms with Gasteiger partial charge in [0.25, 0.3) is 0 Å². The van der Waals surface area contributed by atoms with E-state index in [1.807, 2.05) is 12.1 Å². The van der Waals surface area contributed by atoms with Gasteiger partial charge in [0.1, 0.15) is 11.8 Å². The lowest BCUT2D eigenvalue weighted by molar-refractivity contribution is -0.143. The van der Waals surface area contributed by atoms with Crippen LogP contribution in [0.25, 0.3) is 11.5 Å². The van der Waals surface area contributed by atoms with Gasteiger partial charge in [0.05, 0.1) is 5.69 Å². The molecule has 0 atom stereocenters. The maximum Gasteiger partial charge on any atom is 0.323 e. The largest absolute Gasteiger partial charge is 0.480 e. The molecule has 20 heavy (non-hydrogen) atoms. The smallest absolute Gasteiger partial charge is 0.323 e. The van der Waals surface area contributed by atoms with Gasteiger partial charge in [-0.05, 0) is 38.1 Å². The molecule has 0 bridgehead atoms. The Bertz CT molecular complexity index is 605. The topological polar surface area (TPSA) is 75.4 Å². The molecular weight excluding hydrogens is 280 g/mol. The minimum absolute atomic E-state index is 0.316. The summed E-state index contributed by atoms with van der Waals surface area (Å²) in [5, 5.41) is 12.6. The van der Waals surface area contributed by atoms with Crippen LogP contribution in [0.1, 0.15) is 19.5 Å². The molecule has 0 saturated heterocycles. The molecule has 0 aliphatic heterocycles.